The van der Waals surface area contributed by atoms with Crippen LogP contribution in [-0.2, 0) is 0 Å². The average molecular weight is 390 g/mol. The molecule has 1 saturated carbocycles. The second-order valence-corrected chi connectivity index (χ2v) is 6.98. The molecule has 2 aromatic rings. The Morgan fingerprint density at radius 1 is 0.607 bits per heavy atom. The molecule has 0 amide bonds. The fraction of sp³-hybridized carbons (Fsp3) is 0.333. The van der Waals surface area contributed by atoms with Gasteiger partial charge in [-0.15, -0.1) is 0 Å². The molecule has 0 aliphatic heterocycles. The first-order valence-electron chi connectivity index (χ1n) is 8.77. The molecule has 28 heavy (non-hydrogen) atoms. The highest BCUT2D eigenvalue weighted by atomic mass is 16.3. The summed E-state index contributed by atoms with van der Waals surface area (Å²) in [6.45, 7) is 0. The minimum Gasteiger partial charge on any atom is -0.504 e. The molecule has 10 nitrogen and oxygen atoms in total. The van der Waals surface area contributed by atoms with Gasteiger partial charge in [0.2, 0.25) is 0 Å². The van der Waals surface area contributed by atoms with Crippen LogP contribution in [0.25, 0.3) is 0 Å². The van der Waals surface area contributed by atoms with Crippen LogP contribution in [0.2, 0.25) is 0 Å². The van der Waals surface area contributed by atoms with E-state index in [1.165, 1.54) is 24.3 Å². The molecular weight excluding hydrogens is 364 g/mol. The van der Waals surface area contributed by atoms with Crippen LogP contribution in [0.3, 0.4) is 0 Å². The van der Waals surface area contributed by atoms with Crippen molar-refractivity contribution in [1.82, 2.24) is 10.6 Å². The molecule has 0 atom stereocenters. The third-order valence-corrected chi connectivity index (χ3v) is 5.09. The molecule has 1 aliphatic carbocycles. The van der Waals surface area contributed by atoms with E-state index in [2.05, 4.69) is 10.6 Å². The number of hydrogen-bond acceptors (Lipinski definition) is 10. The van der Waals surface area contributed by atoms with Crippen LogP contribution in [0, 0.1) is 0 Å². The van der Waals surface area contributed by atoms with E-state index in [1.54, 1.807) is 12.1 Å². The maximum absolute atomic E-state index is 9.90. The summed E-state index contributed by atoms with van der Waals surface area (Å²) in [5.74, 6) is -1.48. The van der Waals surface area contributed by atoms with Crippen LogP contribution in [-0.4, -0.2) is 45.1 Å². The first kappa shape index (κ1) is 20.1. The number of benzene rings is 2. The van der Waals surface area contributed by atoms with Crippen molar-refractivity contribution in [2.24, 2.45) is 22.9 Å². The molecule has 0 heterocycles. The van der Waals surface area contributed by atoms with Crippen molar-refractivity contribution in [2.45, 2.75) is 36.5 Å². The van der Waals surface area contributed by atoms with Gasteiger partial charge in [0.1, 0.15) is 12.6 Å². The lowest BCUT2D eigenvalue weighted by atomic mass is 9.59. The summed E-state index contributed by atoms with van der Waals surface area (Å²) in [5.41, 5.74) is 24.5. The molecule has 1 fully saturated rings. The average Bonchev–Trinajstić information content (AvgIpc) is 2.60. The third kappa shape index (κ3) is 3.83. The number of phenolic OH excluding ortho intramolecular Hbond substituents is 4. The van der Waals surface area contributed by atoms with Crippen LogP contribution < -0.4 is 33.6 Å². The number of nitrogens with one attached hydrogen (secondary N) is 2. The van der Waals surface area contributed by atoms with Gasteiger partial charge >= 0.3 is 0 Å². The van der Waals surface area contributed by atoms with Gasteiger partial charge in [-0.25, -0.2) is 0 Å². The molecule has 1 aliphatic rings. The molecule has 2 aromatic carbocycles. The lowest BCUT2D eigenvalue weighted by Gasteiger charge is -2.54. The lowest BCUT2D eigenvalue weighted by molar-refractivity contribution is 0.136. The van der Waals surface area contributed by atoms with Crippen LogP contribution in [0.4, 0.5) is 0 Å². The van der Waals surface area contributed by atoms with Crippen LogP contribution in [0.15, 0.2) is 36.4 Å². The Hall–Kier alpha value is -2.60. The van der Waals surface area contributed by atoms with Gasteiger partial charge < -0.3 is 43.4 Å². The summed E-state index contributed by atoms with van der Waals surface area (Å²) in [6, 6.07) is 8.45. The van der Waals surface area contributed by atoms with Gasteiger partial charge in [0, 0.05) is 23.9 Å². The van der Waals surface area contributed by atoms with Gasteiger partial charge in [0.15, 0.2) is 23.0 Å². The highest BCUT2D eigenvalue weighted by Gasteiger charge is 2.52. The Kier molecular flexibility index (Phi) is 5.61. The predicted octanol–water partition coefficient (Wildman–Crippen LogP) is -1.29. The van der Waals surface area contributed by atoms with Gasteiger partial charge in [-0.2, -0.15) is 0 Å². The van der Waals surface area contributed by atoms with Gasteiger partial charge in [0.05, 0.1) is 0 Å². The fourth-order valence-electron chi connectivity index (χ4n) is 3.93. The van der Waals surface area contributed by atoms with E-state index in [9.17, 15) is 20.4 Å². The highest BCUT2D eigenvalue weighted by Crippen LogP contribution is 2.50. The van der Waals surface area contributed by atoms with E-state index >= 15 is 0 Å². The monoisotopic (exact) mass is 390 g/mol. The zero-order chi connectivity index (χ0) is 20.6. The topological polar surface area (TPSA) is 209 Å². The van der Waals surface area contributed by atoms with Crippen LogP contribution >= 0.6 is 0 Å². The summed E-state index contributed by atoms with van der Waals surface area (Å²) < 4.78 is 0. The summed E-state index contributed by atoms with van der Waals surface area (Å²) in [4.78, 5) is 0. The van der Waals surface area contributed by atoms with Gasteiger partial charge in [-0.1, -0.05) is 12.1 Å². The van der Waals surface area contributed by atoms with E-state index in [0.29, 0.717) is 11.1 Å². The molecule has 152 valence electrons. The molecule has 0 unspecified atom stereocenters. The zero-order valence-electron chi connectivity index (χ0n) is 15.0. The maximum atomic E-state index is 9.90. The van der Waals surface area contributed by atoms with Crippen molar-refractivity contribution in [3.8, 4) is 23.0 Å². The Labute approximate surface area is 161 Å². The predicted molar refractivity (Wildman–Crippen MR) is 103 cm³/mol. The molecule has 14 N–H and O–H groups in total. The third-order valence-electron chi connectivity index (χ3n) is 5.09. The summed E-state index contributed by atoms with van der Waals surface area (Å²) >= 11 is 0. The second kappa shape index (κ2) is 7.80. The molecule has 0 radical (unpaired) electrons. The van der Waals surface area contributed by atoms with Gasteiger partial charge in [-0.3, -0.25) is 10.6 Å². The van der Waals surface area contributed by atoms with Gasteiger partial charge in [-0.05, 0) is 35.4 Å². The van der Waals surface area contributed by atoms with E-state index in [0.717, 1.165) is 0 Å². The van der Waals surface area contributed by atoms with Crippen molar-refractivity contribution in [3.63, 3.8) is 0 Å². The summed E-state index contributed by atoms with van der Waals surface area (Å²) in [7, 11) is 0. The number of hydrogen-bond donors (Lipinski definition) is 10. The highest BCUT2D eigenvalue weighted by molar-refractivity contribution is 5.48. The van der Waals surface area contributed by atoms with Crippen molar-refractivity contribution in [1.29, 1.82) is 0 Å². The summed E-state index contributed by atoms with van der Waals surface area (Å²) in [5, 5.41) is 45.2. The Morgan fingerprint density at radius 2 is 0.964 bits per heavy atom. The Morgan fingerprint density at radius 3 is 1.25 bits per heavy atom. The quantitative estimate of drug-likeness (QED) is 0.208. The Bertz CT molecular complexity index is 769. The molecule has 3 rings (SSSR count). The largest absolute Gasteiger partial charge is 0.504 e. The lowest BCUT2D eigenvalue weighted by Crippen LogP contribution is -2.70. The number of phenols is 4. The summed E-state index contributed by atoms with van der Waals surface area (Å²) in [6.07, 6.45) is -1.64. The molecule has 10 heteroatoms. The molecule has 0 saturated heterocycles. The van der Waals surface area contributed by atoms with Crippen molar-refractivity contribution < 1.29 is 20.4 Å². The molecule has 0 bridgehead atoms. The maximum Gasteiger partial charge on any atom is 0.157 e. The number of aromatic hydroxyl groups is 4. The first-order chi connectivity index (χ1) is 13.2. The van der Waals surface area contributed by atoms with E-state index in [1.807, 2.05) is 0 Å². The number of rotatable bonds is 6. The SMILES string of the molecule is NC(N)NC1C(c2ccc(O)c(O)c2)C(NC(N)N)C1c1ccc(O)c(O)c1. The van der Waals surface area contributed by atoms with Gasteiger partial charge in [0.25, 0.3) is 0 Å². The van der Waals surface area contributed by atoms with Crippen molar-refractivity contribution in [3.05, 3.63) is 47.5 Å². The molecule has 0 spiro atoms. The van der Waals surface area contributed by atoms with E-state index in [4.69, 9.17) is 22.9 Å². The minimum atomic E-state index is -0.820. The standard InChI is InChI=1S/C18H26N6O4/c19-17(20)23-15-13(7-1-3-9(25)11(27)5-7)16(24-18(21)22)14(15)8-2-4-10(26)12(28)6-8/h1-6,13-18,23-28H,19-22H2. The number of nitrogens with two attached hydrogens (primary N) is 4. The zero-order valence-corrected chi connectivity index (χ0v) is 15.0. The smallest absolute Gasteiger partial charge is 0.157 e. The van der Waals surface area contributed by atoms with E-state index in [-0.39, 0.29) is 46.9 Å². The molecular formula is C18H26N6O4. The normalized spacial score (nSPS) is 24.5. The van der Waals surface area contributed by atoms with Crippen molar-refractivity contribution >= 4 is 0 Å². The second-order valence-electron chi connectivity index (χ2n) is 6.98. The van der Waals surface area contributed by atoms with Crippen LogP contribution in [0.1, 0.15) is 23.0 Å². The van der Waals surface area contributed by atoms with Crippen molar-refractivity contribution in [2.75, 3.05) is 0 Å². The first-order valence-corrected chi connectivity index (χ1v) is 8.77. The Balaban J connectivity index is 2.03. The van der Waals surface area contributed by atoms with E-state index < -0.39 is 12.6 Å². The van der Waals surface area contributed by atoms with Crippen LogP contribution in [0.5, 0.6) is 23.0 Å². The minimum absolute atomic E-state index is 0.233. The fourth-order valence-corrected chi connectivity index (χ4v) is 3.93. The molecule has 0 aromatic heterocycles.